The number of carbonyl (C=O) groups is 1. The van der Waals surface area contributed by atoms with Crippen LogP contribution in [0.4, 0.5) is 0 Å². The summed E-state index contributed by atoms with van der Waals surface area (Å²) in [6.07, 6.45) is 0. The summed E-state index contributed by atoms with van der Waals surface area (Å²) in [5.74, 6) is -0.0848. The highest BCUT2D eigenvalue weighted by molar-refractivity contribution is 8.00. The first-order valence-corrected chi connectivity index (χ1v) is 8.51. The monoisotopic (exact) mass is 353 g/mol. The fourth-order valence-electron chi connectivity index (χ4n) is 1.85. The van der Waals surface area contributed by atoms with Gasteiger partial charge >= 0.3 is 0 Å². The molecule has 124 valence electrons. The number of nitrogens with zero attached hydrogens (tertiary/aromatic N) is 4. The number of thioether (sulfide) groups is 1. The molecule has 0 aliphatic rings. The molecule has 0 spiro atoms. The van der Waals surface area contributed by atoms with Crippen LogP contribution in [0.3, 0.4) is 0 Å². The maximum Gasteiger partial charge on any atom is 0.233 e. The van der Waals surface area contributed by atoms with Gasteiger partial charge < -0.3 is 5.32 Å². The van der Waals surface area contributed by atoms with E-state index >= 15 is 0 Å². The molecule has 0 aliphatic carbocycles. The molecule has 0 saturated carbocycles. The van der Waals surface area contributed by atoms with Gasteiger partial charge in [0.2, 0.25) is 11.1 Å². The van der Waals surface area contributed by atoms with Gasteiger partial charge in [0.05, 0.1) is 10.8 Å². The summed E-state index contributed by atoms with van der Waals surface area (Å²) in [5.41, 5.74) is 0.652. The van der Waals surface area contributed by atoms with Crippen LogP contribution < -0.4 is 5.32 Å². The Morgan fingerprint density at radius 3 is 2.74 bits per heavy atom. The number of halogens is 1. The molecule has 0 radical (unpaired) electrons. The van der Waals surface area contributed by atoms with Crippen LogP contribution in [0.5, 0.6) is 0 Å². The van der Waals surface area contributed by atoms with Crippen molar-refractivity contribution >= 4 is 29.3 Å². The molecular formula is C15H20ClN5OS. The molecule has 1 aromatic carbocycles. The molecule has 1 unspecified atom stereocenters. The number of hydrogen-bond acceptors (Lipinski definition) is 5. The third-order valence-electron chi connectivity index (χ3n) is 3.14. The summed E-state index contributed by atoms with van der Waals surface area (Å²) >= 11 is 7.42. The Kier molecular flexibility index (Phi) is 5.64. The molecule has 0 saturated heterocycles. The highest BCUT2D eigenvalue weighted by atomic mass is 35.5. The van der Waals surface area contributed by atoms with Gasteiger partial charge in [-0.1, -0.05) is 41.6 Å². The molecule has 1 atom stereocenters. The van der Waals surface area contributed by atoms with Gasteiger partial charge in [0.15, 0.2) is 0 Å². The van der Waals surface area contributed by atoms with Gasteiger partial charge in [-0.15, -0.1) is 5.10 Å². The van der Waals surface area contributed by atoms with E-state index < -0.39 is 0 Å². The lowest BCUT2D eigenvalue weighted by atomic mass is 10.1. The van der Waals surface area contributed by atoms with Crippen molar-refractivity contribution in [2.45, 2.75) is 50.2 Å². The van der Waals surface area contributed by atoms with E-state index in [0.717, 1.165) is 5.56 Å². The van der Waals surface area contributed by atoms with Crippen molar-refractivity contribution in [2.24, 2.45) is 0 Å². The van der Waals surface area contributed by atoms with Crippen molar-refractivity contribution in [3.05, 3.63) is 34.9 Å². The molecule has 1 heterocycles. The Hall–Kier alpha value is -1.60. The van der Waals surface area contributed by atoms with Crippen LogP contribution in [-0.4, -0.2) is 31.4 Å². The quantitative estimate of drug-likeness (QED) is 0.837. The predicted molar refractivity (Wildman–Crippen MR) is 91.4 cm³/mol. The molecule has 1 aromatic heterocycles. The van der Waals surface area contributed by atoms with Crippen molar-refractivity contribution in [3.8, 4) is 0 Å². The Morgan fingerprint density at radius 2 is 2.09 bits per heavy atom. The van der Waals surface area contributed by atoms with Crippen molar-refractivity contribution in [2.75, 3.05) is 0 Å². The summed E-state index contributed by atoms with van der Waals surface area (Å²) in [5, 5.41) is 15.5. The van der Waals surface area contributed by atoms with Gasteiger partial charge in [0, 0.05) is 11.6 Å². The number of tetrazole rings is 1. The number of benzene rings is 1. The van der Waals surface area contributed by atoms with E-state index in [1.54, 1.807) is 10.7 Å². The normalized spacial score (nSPS) is 12.9. The minimum Gasteiger partial charge on any atom is -0.351 e. The van der Waals surface area contributed by atoms with Crippen molar-refractivity contribution < 1.29 is 4.79 Å². The number of hydrogen-bond donors (Lipinski definition) is 1. The van der Waals surface area contributed by atoms with Gasteiger partial charge in [-0.3, -0.25) is 4.79 Å². The summed E-state index contributed by atoms with van der Waals surface area (Å²) in [6, 6.07) is 7.45. The van der Waals surface area contributed by atoms with Gasteiger partial charge in [0.1, 0.15) is 0 Å². The van der Waals surface area contributed by atoms with E-state index in [9.17, 15) is 4.79 Å². The number of carbonyl (C=O) groups excluding carboxylic acids is 1. The van der Waals surface area contributed by atoms with E-state index in [1.165, 1.54) is 11.8 Å². The number of rotatable bonds is 5. The lowest BCUT2D eigenvalue weighted by Gasteiger charge is -2.20. The molecule has 6 nitrogen and oxygen atoms in total. The van der Waals surface area contributed by atoms with E-state index in [0.29, 0.717) is 16.7 Å². The molecule has 8 heteroatoms. The molecule has 0 fully saturated rings. The summed E-state index contributed by atoms with van der Waals surface area (Å²) in [6.45, 7) is 8.25. The molecule has 0 aliphatic heterocycles. The average Bonchev–Trinajstić information content (AvgIpc) is 2.94. The first-order chi connectivity index (χ1) is 10.8. The fourth-order valence-corrected chi connectivity index (χ4v) is 3.06. The maximum atomic E-state index is 12.3. The fraction of sp³-hybridized carbons (Fsp3) is 0.467. The average molecular weight is 354 g/mol. The van der Waals surface area contributed by atoms with Crippen LogP contribution in [0.25, 0.3) is 0 Å². The number of aromatic nitrogens is 4. The Morgan fingerprint density at radius 1 is 1.39 bits per heavy atom. The molecule has 1 amide bonds. The van der Waals surface area contributed by atoms with Gasteiger partial charge in [-0.2, -0.15) is 0 Å². The predicted octanol–water partition coefficient (Wildman–Crippen LogP) is 2.88. The second-order valence-corrected chi connectivity index (χ2v) is 7.83. The summed E-state index contributed by atoms with van der Waals surface area (Å²) < 4.78 is 1.72. The molecule has 2 rings (SSSR count). The third-order valence-corrected chi connectivity index (χ3v) is 4.54. The Balaban J connectivity index is 1.96. The molecule has 1 N–H and O–H groups in total. The van der Waals surface area contributed by atoms with Gasteiger partial charge in [0.25, 0.3) is 0 Å². The first kappa shape index (κ1) is 17.7. The standard InChI is InChI=1S/C15H20ClN5OS/c1-10(23-14-18-19-20-21(14)15(2,3)4)13(22)17-9-11-7-5-6-8-12(11)16/h5-8,10H,9H2,1-4H3,(H,17,22). The topological polar surface area (TPSA) is 72.7 Å². The molecular weight excluding hydrogens is 334 g/mol. The Bertz CT molecular complexity index is 683. The smallest absolute Gasteiger partial charge is 0.233 e. The van der Waals surface area contributed by atoms with E-state index in [-0.39, 0.29) is 16.7 Å². The van der Waals surface area contributed by atoms with E-state index in [1.807, 2.05) is 45.9 Å². The zero-order valence-corrected chi connectivity index (χ0v) is 15.1. The van der Waals surface area contributed by atoms with Crippen LogP contribution in [0.1, 0.15) is 33.3 Å². The largest absolute Gasteiger partial charge is 0.351 e. The second kappa shape index (κ2) is 7.31. The van der Waals surface area contributed by atoms with Gasteiger partial charge in [-0.05, 0) is 49.8 Å². The first-order valence-electron chi connectivity index (χ1n) is 7.25. The molecule has 2 aromatic rings. The third kappa shape index (κ3) is 4.68. The van der Waals surface area contributed by atoms with Crippen LogP contribution in [0.15, 0.2) is 29.4 Å². The van der Waals surface area contributed by atoms with Crippen LogP contribution in [0, 0.1) is 0 Å². The summed E-state index contributed by atoms with van der Waals surface area (Å²) in [4.78, 5) is 12.3. The van der Waals surface area contributed by atoms with Crippen LogP contribution in [0.2, 0.25) is 5.02 Å². The number of nitrogens with one attached hydrogen (secondary N) is 1. The maximum absolute atomic E-state index is 12.3. The lowest BCUT2D eigenvalue weighted by Crippen LogP contribution is -2.31. The van der Waals surface area contributed by atoms with E-state index in [2.05, 4.69) is 20.8 Å². The lowest BCUT2D eigenvalue weighted by molar-refractivity contribution is -0.120. The Labute approximate surface area is 145 Å². The highest BCUT2D eigenvalue weighted by Crippen LogP contribution is 2.25. The number of amides is 1. The van der Waals surface area contributed by atoms with E-state index in [4.69, 9.17) is 11.6 Å². The minimum atomic E-state index is -0.315. The molecule has 23 heavy (non-hydrogen) atoms. The van der Waals surface area contributed by atoms with Gasteiger partial charge in [-0.25, -0.2) is 4.68 Å². The summed E-state index contributed by atoms with van der Waals surface area (Å²) in [7, 11) is 0. The SMILES string of the molecule is CC(Sc1nnnn1C(C)(C)C)C(=O)NCc1ccccc1Cl. The van der Waals surface area contributed by atoms with Crippen molar-refractivity contribution in [1.29, 1.82) is 0 Å². The zero-order valence-electron chi connectivity index (χ0n) is 13.6. The van der Waals surface area contributed by atoms with Crippen molar-refractivity contribution in [3.63, 3.8) is 0 Å². The minimum absolute atomic E-state index is 0.0848. The molecule has 0 bridgehead atoms. The van der Waals surface area contributed by atoms with Crippen LogP contribution >= 0.6 is 23.4 Å². The second-order valence-electron chi connectivity index (χ2n) is 6.11. The zero-order chi connectivity index (χ0) is 17.0. The van der Waals surface area contributed by atoms with Crippen LogP contribution in [-0.2, 0) is 16.9 Å². The highest BCUT2D eigenvalue weighted by Gasteiger charge is 2.24. The van der Waals surface area contributed by atoms with Crippen molar-refractivity contribution in [1.82, 2.24) is 25.5 Å².